The second-order valence-electron chi connectivity index (χ2n) is 6.44. The largest absolute Gasteiger partial charge is 0.354 e. The maximum absolute atomic E-state index is 12.5. The Hall–Kier alpha value is -3.48. The van der Waals surface area contributed by atoms with Gasteiger partial charge in [0.05, 0.1) is 22.2 Å². The number of aromatic amines is 1. The molecule has 0 saturated heterocycles. The number of aromatic nitrogens is 2. The molecule has 0 aliphatic carbocycles. The number of para-hydroxylation sites is 2. The molecule has 4 rings (SSSR count). The average molecular weight is 362 g/mol. The third-order valence-electron chi connectivity index (χ3n) is 4.69. The smallest absolute Gasteiger partial charge is 0.262 e. The standard InChI is InChI=1S/C20H18N4O3/c1-12(24-19(26)13-6-2-3-7-14(13)20(24)27)18(25)21-11-10-17-22-15-8-4-5-9-16(15)23-17/h2-9,12H,10-11H2,1H3,(H,21,25)(H,22,23). The molecular weight excluding hydrogens is 344 g/mol. The van der Waals surface area contributed by atoms with Crippen LogP contribution in [-0.4, -0.2) is 45.2 Å². The monoisotopic (exact) mass is 362 g/mol. The van der Waals surface area contributed by atoms with Gasteiger partial charge in [0.15, 0.2) is 0 Å². The van der Waals surface area contributed by atoms with Gasteiger partial charge in [-0.15, -0.1) is 0 Å². The Morgan fingerprint density at radius 3 is 2.37 bits per heavy atom. The number of amides is 3. The first kappa shape index (κ1) is 17.0. The Kier molecular flexibility index (Phi) is 4.19. The summed E-state index contributed by atoms with van der Waals surface area (Å²) in [6.07, 6.45) is 0.523. The van der Waals surface area contributed by atoms with Crippen molar-refractivity contribution >= 4 is 28.8 Å². The Labute approximate surface area is 155 Å². The van der Waals surface area contributed by atoms with Crippen LogP contribution in [0.25, 0.3) is 11.0 Å². The maximum Gasteiger partial charge on any atom is 0.262 e. The quantitative estimate of drug-likeness (QED) is 0.678. The van der Waals surface area contributed by atoms with Crippen molar-refractivity contribution in [3.05, 3.63) is 65.5 Å². The maximum atomic E-state index is 12.5. The summed E-state index contributed by atoms with van der Waals surface area (Å²) >= 11 is 0. The van der Waals surface area contributed by atoms with E-state index in [0.717, 1.165) is 21.8 Å². The molecule has 1 aliphatic heterocycles. The number of benzene rings is 2. The Morgan fingerprint density at radius 2 is 1.70 bits per heavy atom. The minimum Gasteiger partial charge on any atom is -0.354 e. The Balaban J connectivity index is 1.38. The summed E-state index contributed by atoms with van der Waals surface area (Å²) < 4.78 is 0. The molecule has 136 valence electrons. The van der Waals surface area contributed by atoms with Crippen molar-refractivity contribution in [2.75, 3.05) is 6.54 Å². The highest BCUT2D eigenvalue weighted by molar-refractivity contribution is 6.22. The van der Waals surface area contributed by atoms with Crippen LogP contribution in [-0.2, 0) is 11.2 Å². The van der Waals surface area contributed by atoms with Crippen molar-refractivity contribution in [1.29, 1.82) is 0 Å². The fourth-order valence-electron chi connectivity index (χ4n) is 3.25. The fraction of sp³-hybridized carbons (Fsp3) is 0.200. The number of imide groups is 1. The van der Waals surface area contributed by atoms with Crippen LogP contribution in [0.3, 0.4) is 0 Å². The number of hydrogen-bond donors (Lipinski definition) is 2. The van der Waals surface area contributed by atoms with Gasteiger partial charge in [0, 0.05) is 13.0 Å². The van der Waals surface area contributed by atoms with E-state index < -0.39 is 17.9 Å². The van der Waals surface area contributed by atoms with Gasteiger partial charge in [0.2, 0.25) is 5.91 Å². The molecule has 0 bridgehead atoms. The van der Waals surface area contributed by atoms with Crippen LogP contribution in [0, 0.1) is 0 Å². The van der Waals surface area contributed by atoms with Gasteiger partial charge in [-0.25, -0.2) is 4.98 Å². The minimum atomic E-state index is -0.881. The molecule has 1 unspecified atom stereocenters. The molecule has 0 fully saturated rings. The molecule has 0 spiro atoms. The normalized spacial score (nSPS) is 14.5. The number of nitrogens with one attached hydrogen (secondary N) is 2. The zero-order valence-electron chi connectivity index (χ0n) is 14.7. The predicted octanol–water partition coefficient (Wildman–Crippen LogP) is 1.91. The van der Waals surface area contributed by atoms with Crippen LogP contribution >= 0.6 is 0 Å². The summed E-state index contributed by atoms with van der Waals surface area (Å²) in [4.78, 5) is 46.0. The van der Waals surface area contributed by atoms with Gasteiger partial charge in [-0.05, 0) is 31.2 Å². The summed E-state index contributed by atoms with van der Waals surface area (Å²) in [7, 11) is 0. The zero-order chi connectivity index (χ0) is 19.0. The minimum absolute atomic E-state index is 0.337. The molecule has 0 saturated carbocycles. The molecule has 7 nitrogen and oxygen atoms in total. The highest BCUT2D eigenvalue weighted by Crippen LogP contribution is 2.24. The first-order chi connectivity index (χ1) is 13.1. The number of hydrogen-bond acceptors (Lipinski definition) is 4. The van der Waals surface area contributed by atoms with Crippen molar-refractivity contribution in [3.63, 3.8) is 0 Å². The van der Waals surface area contributed by atoms with E-state index in [1.807, 2.05) is 24.3 Å². The molecular formula is C20H18N4O3. The molecule has 27 heavy (non-hydrogen) atoms. The Bertz CT molecular complexity index is 988. The molecule has 2 heterocycles. The zero-order valence-corrected chi connectivity index (χ0v) is 14.7. The summed E-state index contributed by atoms with van der Waals surface area (Å²) in [6.45, 7) is 1.91. The summed E-state index contributed by atoms with van der Waals surface area (Å²) in [5.74, 6) is -0.475. The van der Waals surface area contributed by atoms with E-state index in [2.05, 4.69) is 15.3 Å². The van der Waals surface area contributed by atoms with Crippen LogP contribution in [0.4, 0.5) is 0 Å². The lowest BCUT2D eigenvalue weighted by Crippen LogP contribution is -2.48. The van der Waals surface area contributed by atoms with Gasteiger partial charge in [-0.1, -0.05) is 24.3 Å². The van der Waals surface area contributed by atoms with Gasteiger partial charge >= 0.3 is 0 Å². The number of fused-ring (bicyclic) bond motifs is 2. The number of carbonyl (C=O) groups excluding carboxylic acids is 3. The number of carbonyl (C=O) groups is 3. The number of rotatable bonds is 5. The molecule has 1 aliphatic rings. The summed E-state index contributed by atoms with van der Waals surface area (Å²) in [6, 6.07) is 13.4. The van der Waals surface area contributed by atoms with E-state index in [4.69, 9.17) is 0 Å². The molecule has 1 atom stereocenters. The van der Waals surface area contributed by atoms with Crippen molar-refractivity contribution in [1.82, 2.24) is 20.2 Å². The third kappa shape index (κ3) is 2.97. The highest BCUT2D eigenvalue weighted by Gasteiger charge is 2.40. The van der Waals surface area contributed by atoms with Crippen LogP contribution in [0.1, 0.15) is 33.5 Å². The topological polar surface area (TPSA) is 95.2 Å². The SMILES string of the molecule is CC(C(=O)NCCc1nc2ccccc2[nH]1)N1C(=O)c2ccccc2C1=O. The van der Waals surface area contributed by atoms with Crippen molar-refractivity contribution in [2.24, 2.45) is 0 Å². The molecule has 0 radical (unpaired) electrons. The van der Waals surface area contributed by atoms with Crippen molar-refractivity contribution < 1.29 is 14.4 Å². The molecule has 3 aromatic rings. The third-order valence-corrected chi connectivity index (χ3v) is 4.69. The summed E-state index contributed by atoms with van der Waals surface area (Å²) in [5, 5.41) is 2.77. The van der Waals surface area contributed by atoms with E-state index >= 15 is 0 Å². The van der Waals surface area contributed by atoms with E-state index in [9.17, 15) is 14.4 Å². The first-order valence-corrected chi connectivity index (χ1v) is 8.74. The highest BCUT2D eigenvalue weighted by atomic mass is 16.2. The molecule has 2 N–H and O–H groups in total. The molecule has 3 amide bonds. The van der Waals surface area contributed by atoms with Crippen molar-refractivity contribution in [3.8, 4) is 0 Å². The summed E-state index contributed by atoms with van der Waals surface area (Å²) in [5.41, 5.74) is 2.49. The predicted molar refractivity (Wildman–Crippen MR) is 99.2 cm³/mol. The fourth-order valence-corrected chi connectivity index (χ4v) is 3.25. The van der Waals surface area contributed by atoms with Crippen LogP contribution in [0.2, 0.25) is 0 Å². The number of nitrogens with zero attached hydrogens (tertiary/aromatic N) is 2. The van der Waals surface area contributed by atoms with Crippen molar-refractivity contribution in [2.45, 2.75) is 19.4 Å². The van der Waals surface area contributed by atoms with Gasteiger partial charge in [0.1, 0.15) is 11.9 Å². The van der Waals surface area contributed by atoms with Gasteiger partial charge < -0.3 is 10.3 Å². The van der Waals surface area contributed by atoms with E-state index in [1.54, 1.807) is 31.2 Å². The number of imidazole rings is 1. The lowest BCUT2D eigenvalue weighted by Gasteiger charge is -2.21. The number of H-pyrrole nitrogens is 1. The second-order valence-corrected chi connectivity index (χ2v) is 6.44. The lowest BCUT2D eigenvalue weighted by molar-refractivity contribution is -0.124. The average Bonchev–Trinajstić information content (AvgIpc) is 3.20. The van der Waals surface area contributed by atoms with Crippen LogP contribution < -0.4 is 5.32 Å². The molecule has 1 aromatic heterocycles. The van der Waals surface area contributed by atoms with E-state index in [-0.39, 0.29) is 5.91 Å². The van der Waals surface area contributed by atoms with Gasteiger partial charge in [0.25, 0.3) is 11.8 Å². The van der Waals surface area contributed by atoms with Gasteiger partial charge in [-0.3, -0.25) is 19.3 Å². The molecule has 2 aromatic carbocycles. The first-order valence-electron chi connectivity index (χ1n) is 8.74. The van der Waals surface area contributed by atoms with Gasteiger partial charge in [-0.2, -0.15) is 0 Å². The van der Waals surface area contributed by atoms with E-state index in [0.29, 0.717) is 24.1 Å². The lowest BCUT2D eigenvalue weighted by atomic mass is 10.1. The van der Waals surface area contributed by atoms with Crippen LogP contribution in [0.5, 0.6) is 0 Å². The van der Waals surface area contributed by atoms with Crippen LogP contribution in [0.15, 0.2) is 48.5 Å². The second kappa shape index (κ2) is 6.68. The Morgan fingerprint density at radius 1 is 1.07 bits per heavy atom. The van der Waals surface area contributed by atoms with E-state index in [1.165, 1.54) is 0 Å². The molecule has 7 heteroatoms.